The van der Waals surface area contributed by atoms with Crippen molar-refractivity contribution in [2.75, 3.05) is 6.54 Å². The second-order valence-corrected chi connectivity index (χ2v) is 5.84. The largest absolute Gasteiger partial charge is 0.493 e. The van der Waals surface area contributed by atoms with E-state index in [1.54, 1.807) is 17.2 Å². The van der Waals surface area contributed by atoms with Gasteiger partial charge in [-0.25, -0.2) is 9.78 Å². The highest BCUT2D eigenvalue weighted by atomic mass is 16.6. The van der Waals surface area contributed by atoms with Crippen LogP contribution in [-0.4, -0.2) is 33.2 Å². The molecule has 0 fully saturated rings. The summed E-state index contributed by atoms with van der Waals surface area (Å²) in [5.41, 5.74) is 1.51. The van der Waals surface area contributed by atoms with Crippen LogP contribution in [0.5, 0.6) is 5.88 Å². The summed E-state index contributed by atoms with van der Waals surface area (Å²) in [5, 5.41) is 9.47. The molecule has 1 N–H and O–H groups in total. The Kier molecular flexibility index (Phi) is 3.39. The molecule has 104 valence electrons. The second-order valence-electron chi connectivity index (χ2n) is 5.84. The summed E-state index contributed by atoms with van der Waals surface area (Å²) >= 11 is 0. The molecule has 0 saturated carbocycles. The number of hydrogen-bond donors (Lipinski definition) is 1. The van der Waals surface area contributed by atoms with Gasteiger partial charge in [-0.2, -0.15) is 0 Å². The fraction of sp³-hybridized carbons (Fsp3) is 0.571. The van der Waals surface area contributed by atoms with Gasteiger partial charge in [0.25, 0.3) is 0 Å². The lowest BCUT2D eigenvalue weighted by molar-refractivity contribution is 0.0159. The Balaban J connectivity index is 2.21. The van der Waals surface area contributed by atoms with E-state index in [0.29, 0.717) is 6.54 Å². The first-order valence-electron chi connectivity index (χ1n) is 6.45. The van der Waals surface area contributed by atoms with Gasteiger partial charge in [0.1, 0.15) is 5.60 Å². The van der Waals surface area contributed by atoms with Crippen LogP contribution in [0.4, 0.5) is 4.79 Å². The first kappa shape index (κ1) is 13.6. The molecule has 1 aliphatic rings. The average molecular weight is 264 g/mol. The Bertz CT molecular complexity index is 494. The van der Waals surface area contributed by atoms with Gasteiger partial charge in [-0.15, -0.1) is 0 Å². The molecule has 0 aromatic carbocycles. The van der Waals surface area contributed by atoms with Crippen molar-refractivity contribution < 1.29 is 14.6 Å². The number of carbonyl (C=O) groups is 1. The van der Waals surface area contributed by atoms with Crippen LogP contribution in [0.3, 0.4) is 0 Å². The van der Waals surface area contributed by atoms with Crippen LogP contribution >= 0.6 is 0 Å². The third kappa shape index (κ3) is 2.97. The van der Waals surface area contributed by atoms with E-state index in [2.05, 4.69) is 4.98 Å². The zero-order chi connectivity index (χ0) is 14.2. The van der Waals surface area contributed by atoms with Crippen molar-refractivity contribution in [1.29, 1.82) is 0 Å². The fourth-order valence-electron chi connectivity index (χ4n) is 2.26. The molecule has 1 aliphatic heterocycles. The van der Waals surface area contributed by atoms with E-state index in [0.717, 1.165) is 17.5 Å². The van der Waals surface area contributed by atoms with Gasteiger partial charge in [-0.1, -0.05) is 0 Å². The normalized spacial score (nSPS) is 18.9. The van der Waals surface area contributed by atoms with Gasteiger partial charge < -0.3 is 14.7 Å². The first-order chi connectivity index (χ1) is 8.78. The third-order valence-electron chi connectivity index (χ3n) is 3.18. The predicted molar refractivity (Wildman–Crippen MR) is 71.0 cm³/mol. The van der Waals surface area contributed by atoms with Crippen molar-refractivity contribution in [2.24, 2.45) is 0 Å². The van der Waals surface area contributed by atoms with Gasteiger partial charge in [0.05, 0.1) is 6.04 Å². The highest BCUT2D eigenvalue weighted by Gasteiger charge is 2.31. The van der Waals surface area contributed by atoms with Crippen molar-refractivity contribution in [2.45, 2.75) is 45.8 Å². The van der Waals surface area contributed by atoms with Gasteiger partial charge in [0, 0.05) is 18.8 Å². The van der Waals surface area contributed by atoms with Crippen LogP contribution in [0.15, 0.2) is 12.3 Å². The van der Waals surface area contributed by atoms with Crippen molar-refractivity contribution >= 4 is 6.09 Å². The number of rotatable bonds is 0. The number of aromatic nitrogens is 1. The van der Waals surface area contributed by atoms with Crippen LogP contribution in [-0.2, 0) is 11.2 Å². The van der Waals surface area contributed by atoms with Crippen molar-refractivity contribution in [3.05, 3.63) is 23.4 Å². The topological polar surface area (TPSA) is 62.7 Å². The Hall–Kier alpha value is -1.78. The van der Waals surface area contributed by atoms with Crippen LogP contribution in [0.1, 0.15) is 44.9 Å². The number of amides is 1. The highest BCUT2D eigenvalue weighted by Crippen LogP contribution is 2.31. The van der Waals surface area contributed by atoms with Gasteiger partial charge in [0.2, 0.25) is 5.88 Å². The van der Waals surface area contributed by atoms with Gasteiger partial charge in [0.15, 0.2) is 0 Å². The molecule has 0 aliphatic carbocycles. The van der Waals surface area contributed by atoms with E-state index >= 15 is 0 Å². The maximum absolute atomic E-state index is 12.1. The van der Waals surface area contributed by atoms with Gasteiger partial charge in [-0.3, -0.25) is 0 Å². The van der Waals surface area contributed by atoms with E-state index in [1.165, 1.54) is 0 Å². The lowest BCUT2D eigenvalue weighted by Crippen LogP contribution is -2.42. The highest BCUT2D eigenvalue weighted by molar-refractivity contribution is 5.69. The number of nitrogens with zero attached hydrogens (tertiary/aromatic N) is 2. The molecular formula is C14H20N2O3. The summed E-state index contributed by atoms with van der Waals surface area (Å²) in [6, 6.07) is 1.50. The summed E-state index contributed by atoms with van der Waals surface area (Å²) in [6.07, 6.45) is 2.08. The number of pyridine rings is 1. The lowest BCUT2D eigenvalue weighted by Gasteiger charge is -2.36. The number of aromatic hydroxyl groups is 1. The summed E-state index contributed by atoms with van der Waals surface area (Å²) in [5.74, 6) is -0.0170. The number of hydrogen-bond acceptors (Lipinski definition) is 4. The molecule has 1 unspecified atom stereocenters. The van der Waals surface area contributed by atoms with Crippen LogP contribution < -0.4 is 0 Å². The summed E-state index contributed by atoms with van der Waals surface area (Å²) in [7, 11) is 0. The van der Waals surface area contributed by atoms with E-state index < -0.39 is 5.60 Å². The molecule has 19 heavy (non-hydrogen) atoms. The van der Waals surface area contributed by atoms with Crippen molar-refractivity contribution in [3.8, 4) is 5.88 Å². The van der Waals surface area contributed by atoms with Crippen molar-refractivity contribution in [3.63, 3.8) is 0 Å². The van der Waals surface area contributed by atoms with Crippen LogP contribution in [0.25, 0.3) is 0 Å². The van der Waals surface area contributed by atoms with E-state index in [-0.39, 0.29) is 18.0 Å². The molecule has 2 heterocycles. The minimum absolute atomic E-state index is 0.0170. The van der Waals surface area contributed by atoms with E-state index in [4.69, 9.17) is 4.74 Å². The maximum atomic E-state index is 12.1. The Morgan fingerprint density at radius 2 is 2.21 bits per heavy atom. The predicted octanol–water partition coefficient (Wildman–Crippen LogP) is 2.64. The lowest BCUT2D eigenvalue weighted by atomic mass is 9.96. The maximum Gasteiger partial charge on any atom is 0.410 e. The first-order valence-corrected chi connectivity index (χ1v) is 6.45. The molecule has 0 bridgehead atoms. The van der Waals surface area contributed by atoms with Crippen LogP contribution in [0.2, 0.25) is 0 Å². The molecule has 0 spiro atoms. The van der Waals surface area contributed by atoms with Crippen molar-refractivity contribution in [1.82, 2.24) is 9.88 Å². The molecule has 2 rings (SSSR count). The molecule has 0 saturated heterocycles. The minimum atomic E-state index is -0.503. The quantitative estimate of drug-likeness (QED) is 0.782. The molecule has 1 aromatic rings. The monoisotopic (exact) mass is 264 g/mol. The summed E-state index contributed by atoms with van der Waals surface area (Å²) in [4.78, 5) is 17.7. The zero-order valence-electron chi connectivity index (χ0n) is 11.8. The average Bonchev–Trinajstić information content (AvgIpc) is 2.28. The fourth-order valence-corrected chi connectivity index (χ4v) is 2.26. The molecule has 5 nitrogen and oxygen atoms in total. The SMILES string of the molecule is CC1c2cc(O)ncc2CCN1C(=O)OC(C)(C)C. The molecule has 1 aromatic heterocycles. The van der Waals surface area contributed by atoms with Crippen LogP contribution in [0, 0.1) is 0 Å². The summed E-state index contributed by atoms with van der Waals surface area (Å²) in [6.45, 7) is 8.09. The Labute approximate surface area is 113 Å². The van der Waals surface area contributed by atoms with E-state index in [1.807, 2.05) is 27.7 Å². The molecule has 1 amide bonds. The second kappa shape index (κ2) is 4.72. The standard InChI is InChI=1S/C14H20N2O3/c1-9-11-7-12(17)15-8-10(11)5-6-16(9)13(18)19-14(2,3)4/h7-9H,5-6H2,1-4H3,(H,15,17). The molecule has 5 heteroatoms. The smallest absolute Gasteiger partial charge is 0.410 e. The third-order valence-corrected chi connectivity index (χ3v) is 3.18. The molecule has 0 radical (unpaired) electrons. The molecular weight excluding hydrogens is 244 g/mol. The summed E-state index contributed by atoms with van der Waals surface area (Å²) < 4.78 is 5.40. The molecule has 1 atom stereocenters. The Morgan fingerprint density at radius 3 is 2.84 bits per heavy atom. The number of fused-ring (bicyclic) bond motifs is 1. The zero-order valence-corrected chi connectivity index (χ0v) is 11.8. The van der Waals surface area contributed by atoms with Gasteiger partial charge >= 0.3 is 6.09 Å². The number of carbonyl (C=O) groups excluding carboxylic acids is 1. The minimum Gasteiger partial charge on any atom is -0.493 e. The Morgan fingerprint density at radius 1 is 1.53 bits per heavy atom. The van der Waals surface area contributed by atoms with Gasteiger partial charge in [-0.05, 0) is 45.2 Å². The van der Waals surface area contributed by atoms with E-state index in [9.17, 15) is 9.90 Å². The number of ether oxygens (including phenoxy) is 1.